The predicted octanol–water partition coefficient (Wildman–Crippen LogP) is 3.63. The number of rotatable bonds is 6. The van der Waals surface area contributed by atoms with Gasteiger partial charge in [-0.3, -0.25) is 5.43 Å². The lowest BCUT2D eigenvalue weighted by Gasteiger charge is -2.02. The number of nitrogens with zero attached hydrogens (tertiary/aromatic N) is 3. The molecule has 7 nitrogen and oxygen atoms in total. The number of hydrazone groups is 1. The van der Waals surface area contributed by atoms with Gasteiger partial charge < -0.3 is 0 Å². The maximum Gasteiger partial charge on any atom is 0.238 e. The average Bonchev–Trinajstić information content (AvgIpc) is 3.19. The van der Waals surface area contributed by atoms with Crippen molar-refractivity contribution >= 4 is 21.9 Å². The van der Waals surface area contributed by atoms with Gasteiger partial charge in [0.15, 0.2) is 0 Å². The molecule has 0 fully saturated rings. The number of sulfonamides is 1. The molecular formula is C22H19N5O2S. The maximum atomic E-state index is 11.4. The lowest BCUT2D eigenvalue weighted by atomic mass is 10.1. The van der Waals surface area contributed by atoms with Crippen LogP contribution >= 0.6 is 0 Å². The van der Waals surface area contributed by atoms with E-state index in [9.17, 15) is 8.42 Å². The van der Waals surface area contributed by atoms with Gasteiger partial charge in [0.1, 0.15) is 5.69 Å². The summed E-state index contributed by atoms with van der Waals surface area (Å²) >= 11 is 0. The third-order valence-electron chi connectivity index (χ3n) is 4.39. The molecule has 0 unspecified atom stereocenters. The van der Waals surface area contributed by atoms with Gasteiger partial charge in [-0.1, -0.05) is 48.5 Å². The standard InChI is InChI=1S/C22H19N5O2S/c23-30(28,29)21-13-11-19(12-14-21)25-24-15-18-16-27(20-9-5-2-6-10-20)26-22(18)17-7-3-1-4-8-17/h1-16,25H,(H2,23,28,29)/b24-15+. The third-order valence-corrected chi connectivity index (χ3v) is 5.32. The smallest absolute Gasteiger partial charge is 0.238 e. The Kier molecular flexibility index (Phi) is 5.42. The largest absolute Gasteiger partial charge is 0.279 e. The number of nitrogens with two attached hydrogens (primary N) is 1. The van der Waals surface area contributed by atoms with Crippen molar-refractivity contribution in [2.75, 3.05) is 5.43 Å². The van der Waals surface area contributed by atoms with E-state index in [1.807, 2.05) is 71.5 Å². The molecule has 3 N–H and O–H groups in total. The lowest BCUT2D eigenvalue weighted by Crippen LogP contribution is -2.11. The Labute approximate surface area is 174 Å². The van der Waals surface area contributed by atoms with Crippen LogP contribution in [0.4, 0.5) is 5.69 Å². The summed E-state index contributed by atoms with van der Waals surface area (Å²) in [5, 5.41) is 14.1. The summed E-state index contributed by atoms with van der Waals surface area (Å²) in [6, 6.07) is 25.8. The Morgan fingerprint density at radius 2 is 1.53 bits per heavy atom. The van der Waals surface area contributed by atoms with Crippen LogP contribution in [-0.4, -0.2) is 24.4 Å². The second-order valence-corrected chi connectivity index (χ2v) is 8.08. The van der Waals surface area contributed by atoms with Crippen LogP contribution in [0, 0.1) is 0 Å². The average molecular weight is 417 g/mol. The number of aromatic nitrogens is 2. The van der Waals surface area contributed by atoms with Crippen molar-refractivity contribution in [2.45, 2.75) is 4.90 Å². The molecule has 1 aromatic heterocycles. The van der Waals surface area contributed by atoms with Crippen LogP contribution < -0.4 is 10.6 Å². The van der Waals surface area contributed by atoms with Gasteiger partial charge in [-0.15, -0.1) is 0 Å². The van der Waals surface area contributed by atoms with Crippen molar-refractivity contribution in [3.05, 3.63) is 96.7 Å². The summed E-state index contributed by atoms with van der Waals surface area (Å²) in [5.74, 6) is 0. The fourth-order valence-electron chi connectivity index (χ4n) is 2.91. The topological polar surface area (TPSA) is 102 Å². The minimum Gasteiger partial charge on any atom is -0.279 e. The highest BCUT2D eigenvalue weighted by atomic mass is 32.2. The second kappa shape index (κ2) is 8.32. The van der Waals surface area contributed by atoms with E-state index >= 15 is 0 Å². The maximum absolute atomic E-state index is 11.4. The van der Waals surface area contributed by atoms with Crippen LogP contribution in [0.3, 0.4) is 0 Å². The van der Waals surface area contributed by atoms with E-state index in [4.69, 9.17) is 10.2 Å². The summed E-state index contributed by atoms with van der Waals surface area (Å²) in [5.41, 5.74) is 7.09. The zero-order chi connectivity index (χ0) is 21.0. The normalized spacial score (nSPS) is 11.6. The second-order valence-electron chi connectivity index (χ2n) is 6.52. The summed E-state index contributed by atoms with van der Waals surface area (Å²) in [4.78, 5) is 0.0486. The van der Waals surface area contributed by atoms with Crippen molar-refractivity contribution in [3.8, 4) is 16.9 Å². The van der Waals surface area contributed by atoms with E-state index in [-0.39, 0.29) is 4.90 Å². The zero-order valence-corrected chi connectivity index (χ0v) is 16.7. The first-order chi connectivity index (χ1) is 14.5. The third kappa shape index (κ3) is 4.45. The molecule has 0 aliphatic carbocycles. The molecule has 4 rings (SSSR count). The first-order valence-electron chi connectivity index (χ1n) is 9.13. The molecular weight excluding hydrogens is 398 g/mol. The van der Waals surface area contributed by atoms with Gasteiger partial charge >= 0.3 is 0 Å². The molecule has 0 radical (unpaired) electrons. The molecule has 3 aromatic carbocycles. The van der Waals surface area contributed by atoms with Gasteiger partial charge in [-0.25, -0.2) is 18.2 Å². The molecule has 150 valence electrons. The predicted molar refractivity (Wildman–Crippen MR) is 118 cm³/mol. The van der Waals surface area contributed by atoms with Crippen molar-refractivity contribution < 1.29 is 8.42 Å². The molecule has 4 aromatic rings. The molecule has 1 heterocycles. The minimum absolute atomic E-state index is 0.0486. The number of hydrogen-bond donors (Lipinski definition) is 2. The summed E-state index contributed by atoms with van der Waals surface area (Å²) in [7, 11) is -3.72. The van der Waals surface area contributed by atoms with Crippen LogP contribution in [0.15, 0.2) is 101 Å². The number of anilines is 1. The van der Waals surface area contributed by atoms with Gasteiger partial charge in [0.2, 0.25) is 10.0 Å². The number of benzene rings is 3. The molecule has 0 atom stereocenters. The molecule has 0 aliphatic rings. The molecule has 0 saturated carbocycles. The minimum atomic E-state index is -3.72. The van der Waals surface area contributed by atoms with E-state index in [1.165, 1.54) is 12.1 Å². The van der Waals surface area contributed by atoms with E-state index < -0.39 is 10.0 Å². The quantitative estimate of drug-likeness (QED) is 0.369. The highest BCUT2D eigenvalue weighted by Crippen LogP contribution is 2.22. The summed E-state index contributed by atoms with van der Waals surface area (Å²) in [6.45, 7) is 0. The zero-order valence-electron chi connectivity index (χ0n) is 15.9. The molecule has 30 heavy (non-hydrogen) atoms. The number of nitrogens with one attached hydrogen (secondary N) is 1. The van der Waals surface area contributed by atoms with Crippen molar-refractivity contribution in [3.63, 3.8) is 0 Å². The lowest BCUT2D eigenvalue weighted by molar-refractivity contribution is 0.598. The van der Waals surface area contributed by atoms with Crippen LogP contribution in [0.25, 0.3) is 16.9 Å². The Balaban J connectivity index is 1.62. The van der Waals surface area contributed by atoms with Gasteiger partial charge in [0, 0.05) is 17.3 Å². The van der Waals surface area contributed by atoms with E-state index in [0.717, 1.165) is 22.5 Å². The Hall–Kier alpha value is -3.75. The molecule has 0 saturated heterocycles. The first kappa shape index (κ1) is 19.6. The first-order valence-corrected chi connectivity index (χ1v) is 10.7. The van der Waals surface area contributed by atoms with Gasteiger partial charge in [-0.05, 0) is 36.4 Å². The highest BCUT2D eigenvalue weighted by molar-refractivity contribution is 7.89. The van der Waals surface area contributed by atoms with E-state index in [1.54, 1.807) is 18.3 Å². The Bertz CT molecular complexity index is 1270. The Morgan fingerprint density at radius 1 is 0.900 bits per heavy atom. The number of para-hydroxylation sites is 1. The van der Waals surface area contributed by atoms with Crippen LogP contribution in [0.1, 0.15) is 5.56 Å². The van der Waals surface area contributed by atoms with Crippen LogP contribution in [0.5, 0.6) is 0 Å². The fraction of sp³-hybridized carbons (Fsp3) is 0. The monoisotopic (exact) mass is 417 g/mol. The van der Waals surface area contributed by atoms with Crippen molar-refractivity contribution in [1.29, 1.82) is 0 Å². The van der Waals surface area contributed by atoms with Gasteiger partial charge in [0.05, 0.1) is 22.5 Å². The van der Waals surface area contributed by atoms with Crippen LogP contribution in [0.2, 0.25) is 0 Å². The van der Waals surface area contributed by atoms with Crippen molar-refractivity contribution in [1.82, 2.24) is 9.78 Å². The molecule has 0 aliphatic heterocycles. The summed E-state index contributed by atoms with van der Waals surface area (Å²) < 4.78 is 24.5. The number of primary sulfonamides is 1. The van der Waals surface area contributed by atoms with Gasteiger partial charge in [0.25, 0.3) is 0 Å². The van der Waals surface area contributed by atoms with E-state index in [2.05, 4.69) is 10.5 Å². The van der Waals surface area contributed by atoms with Crippen LogP contribution in [-0.2, 0) is 10.0 Å². The molecule has 0 spiro atoms. The van der Waals surface area contributed by atoms with Gasteiger partial charge in [-0.2, -0.15) is 10.2 Å². The highest BCUT2D eigenvalue weighted by Gasteiger charge is 2.11. The molecule has 0 bridgehead atoms. The summed E-state index contributed by atoms with van der Waals surface area (Å²) in [6.07, 6.45) is 3.59. The number of hydrogen-bond acceptors (Lipinski definition) is 5. The Morgan fingerprint density at radius 3 is 2.17 bits per heavy atom. The fourth-order valence-corrected chi connectivity index (χ4v) is 3.43. The SMILES string of the molecule is NS(=O)(=O)c1ccc(N/N=C/c2cn(-c3ccccc3)nc2-c2ccccc2)cc1. The molecule has 0 amide bonds. The molecule has 8 heteroatoms. The van der Waals surface area contributed by atoms with Crippen molar-refractivity contribution in [2.24, 2.45) is 10.2 Å². The van der Waals surface area contributed by atoms with E-state index in [0.29, 0.717) is 5.69 Å².